The normalized spacial score (nSPS) is 39.5. The van der Waals surface area contributed by atoms with Gasteiger partial charge in [0.05, 0.1) is 12.2 Å². The molecule has 3 aliphatic rings. The molecule has 0 aromatic rings. The molecule has 0 aromatic heterocycles. The Bertz CT molecular complexity index is 589. The van der Waals surface area contributed by atoms with E-state index in [-0.39, 0.29) is 23.9 Å². The minimum atomic E-state index is -0.753. The smallest absolute Gasteiger partial charge is 0.303 e. The average molecular weight is 377 g/mol. The van der Waals surface area contributed by atoms with Gasteiger partial charge in [-0.15, -0.1) is 0 Å². The molecule has 3 rings (SSSR count). The van der Waals surface area contributed by atoms with Crippen molar-refractivity contribution in [3.8, 4) is 0 Å². The number of aliphatic hydroxyl groups is 2. The summed E-state index contributed by atoms with van der Waals surface area (Å²) in [5.74, 6) is 0.704. The average Bonchev–Trinajstić information content (AvgIpc) is 3.11. The Kier molecular flexibility index (Phi) is 6.47. The number of rotatable bonds is 7. The van der Waals surface area contributed by atoms with Crippen molar-refractivity contribution in [1.29, 1.82) is 0 Å². The SMILES string of the molecule is CC1C(=CCCC(=O)O)[C@]2(C)CC[C@H](O)[C@@H](/C=C/C(O)CC3CCCC3)[C@H]12. The van der Waals surface area contributed by atoms with Crippen LogP contribution in [0.5, 0.6) is 0 Å². The number of carboxylic acids is 1. The molecule has 0 saturated heterocycles. The van der Waals surface area contributed by atoms with Gasteiger partial charge in [-0.2, -0.15) is 0 Å². The molecule has 0 spiro atoms. The second-order valence-corrected chi connectivity index (χ2v) is 9.35. The molecule has 0 heterocycles. The van der Waals surface area contributed by atoms with Crippen molar-refractivity contribution in [2.45, 2.75) is 83.8 Å². The first-order valence-electron chi connectivity index (χ1n) is 10.8. The fourth-order valence-corrected chi connectivity index (χ4v) is 6.25. The van der Waals surface area contributed by atoms with Gasteiger partial charge >= 0.3 is 5.97 Å². The molecule has 0 radical (unpaired) electrons. The lowest BCUT2D eigenvalue weighted by Gasteiger charge is -2.62. The lowest BCUT2D eigenvalue weighted by atomic mass is 9.43. The minimum Gasteiger partial charge on any atom is -0.481 e. The maximum Gasteiger partial charge on any atom is 0.303 e. The van der Waals surface area contributed by atoms with Crippen molar-refractivity contribution in [2.24, 2.45) is 29.1 Å². The number of carbonyl (C=O) groups is 1. The third kappa shape index (κ3) is 4.32. The largest absolute Gasteiger partial charge is 0.481 e. The van der Waals surface area contributed by atoms with Crippen LogP contribution in [0, 0.1) is 29.1 Å². The van der Waals surface area contributed by atoms with Crippen molar-refractivity contribution >= 4 is 5.97 Å². The molecule has 0 aliphatic heterocycles. The van der Waals surface area contributed by atoms with Crippen LogP contribution in [0.3, 0.4) is 0 Å². The molecular formula is C23H36O4. The molecule has 3 fully saturated rings. The van der Waals surface area contributed by atoms with Gasteiger partial charge < -0.3 is 15.3 Å². The van der Waals surface area contributed by atoms with Crippen molar-refractivity contribution in [2.75, 3.05) is 0 Å². The van der Waals surface area contributed by atoms with Crippen LogP contribution in [0.1, 0.15) is 71.6 Å². The van der Waals surface area contributed by atoms with Gasteiger partial charge in [-0.05, 0) is 48.9 Å². The minimum absolute atomic E-state index is 0.0581. The van der Waals surface area contributed by atoms with E-state index < -0.39 is 12.1 Å². The van der Waals surface area contributed by atoms with Crippen LogP contribution in [-0.2, 0) is 4.79 Å². The van der Waals surface area contributed by atoms with Crippen LogP contribution in [0.2, 0.25) is 0 Å². The Morgan fingerprint density at radius 3 is 2.67 bits per heavy atom. The van der Waals surface area contributed by atoms with E-state index in [1.165, 1.54) is 31.3 Å². The third-order valence-corrected chi connectivity index (χ3v) is 7.57. The Morgan fingerprint density at radius 1 is 1.30 bits per heavy atom. The van der Waals surface area contributed by atoms with Gasteiger partial charge in [0.25, 0.3) is 0 Å². The summed E-state index contributed by atoms with van der Waals surface area (Å²) in [4.78, 5) is 10.8. The Morgan fingerprint density at radius 2 is 2.00 bits per heavy atom. The molecule has 3 aliphatic carbocycles. The number of aliphatic hydroxyl groups excluding tert-OH is 2. The van der Waals surface area contributed by atoms with Crippen LogP contribution in [-0.4, -0.2) is 33.5 Å². The molecule has 4 heteroatoms. The molecule has 3 saturated carbocycles. The van der Waals surface area contributed by atoms with Crippen molar-refractivity contribution in [3.05, 3.63) is 23.8 Å². The highest BCUT2D eigenvalue weighted by Gasteiger charge is 2.58. The molecule has 4 nitrogen and oxygen atoms in total. The summed E-state index contributed by atoms with van der Waals surface area (Å²) < 4.78 is 0. The Balaban J connectivity index is 1.65. The van der Waals surface area contributed by atoms with E-state index in [2.05, 4.69) is 26.0 Å². The number of aliphatic carboxylic acids is 1. The summed E-state index contributed by atoms with van der Waals surface area (Å²) in [6, 6.07) is 0. The molecule has 0 amide bonds. The van der Waals surface area contributed by atoms with Crippen LogP contribution in [0.15, 0.2) is 23.8 Å². The lowest BCUT2D eigenvalue weighted by Crippen LogP contribution is -2.56. The van der Waals surface area contributed by atoms with Crippen molar-refractivity contribution < 1.29 is 20.1 Å². The van der Waals surface area contributed by atoms with Gasteiger partial charge in [0.2, 0.25) is 0 Å². The van der Waals surface area contributed by atoms with Crippen LogP contribution < -0.4 is 0 Å². The second-order valence-electron chi connectivity index (χ2n) is 9.35. The van der Waals surface area contributed by atoms with Gasteiger partial charge in [-0.1, -0.05) is 63.3 Å². The zero-order valence-corrected chi connectivity index (χ0v) is 16.8. The fraction of sp³-hybridized carbons (Fsp3) is 0.783. The molecule has 0 bridgehead atoms. The molecule has 0 aromatic carbocycles. The predicted octanol–water partition coefficient (Wildman–Crippen LogP) is 4.32. The molecule has 152 valence electrons. The second kappa shape index (κ2) is 8.48. The third-order valence-electron chi connectivity index (χ3n) is 7.57. The molecule has 3 N–H and O–H groups in total. The first kappa shape index (κ1) is 20.6. The number of carboxylic acid groups (broad SMARTS) is 1. The van der Waals surface area contributed by atoms with E-state index in [0.29, 0.717) is 24.2 Å². The zero-order chi connectivity index (χ0) is 19.6. The summed E-state index contributed by atoms with van der Waals surface area (Å²) >= 11 is 0. The summed E-state index contributed by atoms with van der Waals surface area (Å²) in [5.41, 5.74) is 1.42. The molecule has 2 unspecified atom stereocenters. The number of hydrogen-bond acceptors (Lipinski definition) is 3. The summed E-state index contributed by atoms with van der Waals surface area (Å²) in [7, 11) is 0. The van der Waals surface area contributed by atoms with Gasteiger partial charge in [0.15, 0.2) is 0 Å². The number of fused-ring (bicyclic) bond motifs is 1. The van der Waals surface area contributed by atoms with Crippen molar-refractivity contribution in [1.82, 2.24) is 0 Å². The van der Waals surface area contributed by atoms with E-state index in [0.717, 1.165) is 19.3 Å². The molecule has 27 heavy (non-hydrogen) atoms. The van der Waals surface area contributed by atoms with Crippen LogP contribution in [0.25, 0.3) is 0 Å². The Labute approximate surface area is 163 Å². The van der Waals surface area contributed by atoms with Crippen molar-refractivity contribution in [3.63, 3.8) is 0 Å². The maximum absolute atomic E-state index is 10.8. The fourth-order valence-electron chi connectivity index (χ4n) is 6.25. The van der Waals surface area contributed by atoms with Crippen LogP contribution in [0.4, 0.5) is 0 Å². The van der Waals surface area contributed by atoms with E-state index in [1.54, 1.807) is 0 Å². The molecule has 6 atom stereocenters. The van der Waals surface area contributed by atoms with Gasteiger partial charge in [-0.25, -0.2) is 0 Å². The first-order chi connectivity index (χ1) is 12.8. The van der Waals surface area contributed by atoms with E-state index >= 15 is 0 Å². The topological polar surface area (TPSA) is 77.8 Å². The van der Waals surface area contributed by atoms with E-state index in [1.807, 2.05) is 6.08 Å². The summed E-state index contributed by atoms with van der Waals surface area (Å²) in [6.45, 7) is 4.47. The quantitative estimate of drug-likeness (QED) is 0.578. The number of allylic oxidation sites excluding steroid dienone is 2. The highest BCUT2D eigenvalue weighted by molar-refractivity contribution is 5.66. The van der Waals surface area contributed by atoms with Crippen LogP contribution >= 0.6 is 0 Å². The predicted molar refractivity (Wildman–Crippen MR) is 106 cm³/mol. The standard InChI is InChI=1S/C23H36O4/c1-15-19(8-5-9-21(26)27)23(2)13-12-20(25)18(22(15)23)11-10-17(24)14-16-6-3-4-7-16/h8,10-11,15-18,20,22,24-25H,3-7,9,12-14H2,1-2H3,(H,26,27)/b11-10+,19-8?/t15?,17?,18-,20+,22+,23+/m1/s1. The van der Waals surface area contributed by atoms with Gasteiger partial charge in [0, 0.05) is 12.3 Å². The summed E-state index contributed by atoms with van der Waals surface area (Å²) in [6.07, 6.45) is 13.8. The monoisotopic (exact) mass is 376 g/mol. The van der Waals surface area contributed by atoms with E-state index in [4.69, 9.17) is 5.11 Å². The lowest BCUT2D eigenvalue weighted by molar-refractivity contribution is -0.136. The number of hydrogen-bond donors (Lipinski definition) is 3. The van der Waals surface area contributed by atoms with Gasteiger partial charge in [0.1, 0.15) is 0 Å². The zero-order valence-electron chi connectivity index (χ0n) is 16.8. The molecular weight excluding hydrogens is 340 g/mol. The highest BCUT2D eigenvalue weighted by Crippen LogP contribution is 2.64. The van der Waals surface area contributed by atoms with Gasteiger partial charge in [-0.3, -0.25) is 4.79 Å². The highest BCUT2D eigenvalue weighted by atomic mass is 16.4. The first-order valence-corrected chi connectivity index (χ1v) is 10.8. The Hall–Kier alpha value is -1.13. The summed E-state index contributed by atoms with van der Waals surface area (Å²) in [5, 5.41) is 29.9. The maximum atomic E-state index is 10.8. The van der Waals surface area contributed by atoms with E-state index in [9.17, 15) is 15.0 Å².